The van der Waals surface area contributed by atoms with E-state index >= 15 is 0 Å². The van der Waals surface area contributed by atoms with Crippen LogP contribution in [-0.2, 0) is 0 Å². The maximum absolute atomic E-state index is 4.78. The zero-order valence-electron chi connectivity index (χ0n) is 41.0. The number of pyridine rings is 2. The van der Waals surface area contributed by atoms with Gasteiger partial charge in [0, 0.05) is 28.9 Å². The maximum atomic E-state index is 4.78. The molecule has 0 atom stereocenters. The number of fused-ring (bicyclic) bond motifs is 1. The molecular formula is C71H48N4. The summed E-state index contributed by atoms with van der Waals surface area (Å²) >= 11 is 0. The molecule has 0 aliphatic carbocycles. The third-order valence-electron chi connectivity index (χ3n) is 14.3. The lowest BCUT2D eigenvalue weighted by Gasteiger charge is -2.19. The van der Waals surface area contributed by atoms with Gasteiger partial charge in [0.05, 0.1) is 28.8 Å². The topological polar surface area (TPSA) is 43.6 Å². The Labute approximate surface area is 437 Å². The number of aromatic nitrogens is 4. The van der Waals surface area contributed by atoms with E-state index in [9.17, 15) is 0 Å². The summed E-state index contributed by atoms with van der Waals surface area (Å²) in [5.74, 6) is 0. The monoisotopic (exact) mass is 956 g/mol. The van der Waals surface area contributed by atoms with Crippen molar-refractivity contribution in [2.45, 2.75) is 0 Å². The van der Waals surface area contributed by atoms with E-state index < -0.39 is 0 Å². The average molecular weight is 957 g/mol. The molecule has 0 spiro atoms. The molecule has 10 aromatic carbocycles. The summed E-state index contributed by atoms with van der Waals surface area (Å²) in [6, 6.07) is 98.0. The van der Waals surface area contributed by atoms with Crippen LogP contribution in [0.15, 0.2) is 292 Å². The second-order valence-corrected chi connectivity index (χ2v) is 18.8. The fraction of sp³-hybridized carbons (Fsp3) is 0. The number of nitrogens with zero attached hydrogens (tertiary/aromatic N) is 4. The SMILES string of the molecule is c1ccc(-c2ccc(-c3cc(-c4ccccn4)ccc3-c3ccccc3-c3cc(-c4ccccc4-c4ccc(-c5ccccn5)cc4)cc(-c4ccccc4-c4ccc(-n5ncc6ccccc65)cc4)c3)cc2)cc1. The van der Waals surface area contributed by atoms with E-state index in [1.165, 1.54) is 11.1 Å². The Kier molecular flexibility index (Phi) is 11.9. The van der Waals surface area contributed by atoms with Crippen molar-refractivity contribution in [2.24, 2.45) is 0 Å². The van der Waals surface area contributed by atoms with Crippen LogP contribution in [0.5, 0.6) is 0 Å². The number of para-hydroxylation sites is 1. The molecule has 0 radical (unpaired) electrons. The number of hydrogen-bond donors (Lipinski definition) is 0. The molecule has 3 heterocycles. The van der Waals surface area contributed by atoms with Crippen LogP contribution in [0.2, 0.25) is 0 Å². The van der Waals surface area contributed by atoms with Gasteiger partial charge in [0.1, 0.15) is 0 Å². The van der Waals surface area contributed by atoms with Gasteiger partial charge in [-0.1, -0.05) is 206 Å². The Hall–Kier alpha value is -10.0. The minimum Gasteiger partial charge on any atom is -0.256 e. The van der Waals surface area contributed by atoms with Crippen molar-refractivity contribution in [3.63, 3.8) is 0 Å². The lowest BCUT2D eigenvalue weighted by atomic mass is 9.84. The summed E-state index contributed by atoms with van der Waals surface area (Å²) in [4.78, 5) is 9.41. The van der Waals surface area contributed by atoms with Crippen LogP contribution in [-0.4, -0.2) is 19.7 Å². The smallest absolute Gasteiger partial charge is 0.0741 e. The Morgan fingerprint density at radius 2 is 0.640 bits per heavy atom. The van der Waals surface area contributed by atoms with Crippen LogP contribution in [0.4, 0.5) is 0 Å². The summed E-state index contributed by atoms with van der Waals surface area (Å²) in [6.45, 7) is 0. The van der Waals surface area contributed by atoms with E-state index in [2.05, 4.69) is 260 Å². The van der Waals surface area contributed by atoms with Crippen molar-refractivity contribution >= 4 is 10.9 Å². The van der Waals surface area contributed by atoms with Crippen molar-refractivity contribution < 1.29 is 0 Å². The van der Waals surface area contributed by atoms with Crippen LogP contribution in [0.25, 0.3) is 128 Å². The average Bonchev–Trinajstić information content (AvgIpc) is 3.95. The van der Waals surface area contributed by atoms with E-state index in [4.69, 9.17) is 10.1 Å². The first-order valence-electron chi connectivity index (χ1n) is 25.4. The summed E-state index contributed by atoms with van der Waals surface area (Å²) in [6.07, 6.45) is 5.64. The summed E-state index contributed by atoms with van der Waals surface area (Å²) < 4.78 is 2.01. The molecule has 0 unspecified atom stereocenters. The third kappa shape index (κ3) is 8.92. The Bertz CT molecular complexity index is 4130. The predicted molar refractivity (Wildman–Crippen MR) is 311 cm³/mol. The van der Waals surface area contributed by atoms with Gasteiger partial charge in [-0.15, -0.1) is 0 Å². The molecule has 4 heteroatoms. The van der Waals surface area contributed by atoms with Crippen molar-refractivity contribution in [3.05, 3.63) is 292 Å². The first kappa shape index (κ1) is 44.9. The molecule has 4 nitrogen and oxygen atoms in total. The molecule has 0 N–H and O–H groups in total. The summed E-state index contributed by atoms with van der Waals surface area (Å²) in [5.41, 5.74) is 24.4. The van der Waals surface area contributed by atoms with E-state index in [0.29, 0.717) is 0 Å². The summed E-state index contributed by atoms with van der Waals surface area (Å²) in [5, 5.41) is 5.87. The molecule has 0 fully saturated rings. The van der Waals surface area contributed by atoms with Crippen LogP contribution in [0.1, 0.15) is 0 Å². The molecule has 0 saturated carbocycles. The molecule has 0 saturated heterocycles. The molecule has 0 aliphatic rings. The van der Waals surface area contributed by atoms with Gasteiger partial charge in [-0.05, 0) is 156 Å². The quantitative estimate of drug-likeness (QED) is 0.130. The second kappa shape index (κ2) is 19.9. The van der Waals surface area contributed by atoms with Crippen LogP contribution in [0, 0.1) is 0 Å². The van der Waals surface area contributed by atoms with E-state index in [-0.39, 0.29) is 0 Å². The van der Waals surface area contributed by atoms with Gasteiger partial charge >= 0.3 is 0 Å². The van der Waals surface area contributed by atoms with Gasteiger partial charge in [-0.25, -0.2) is 4.68 Å². The first-order chi connectivity index (χ1) is 37.2. The second-order valence-electron chi connectivity index (χ2n) is 18.8. The molecule has 352 valence electrons. The minimum atomic E-state index is 0.935. The molecular weight excluding hydrogens is 909 g/mol. The zero-order chi connectivity index (χ0) is 49.9. The van der Waals surface area contributed by atoms with E-state index in [1.54, 1.807) is 0 Å². The van der Waals surface area contributed by atoms with Gasteiger partial charge in [-0.2, -0.15) is 5.10 Å². The van der Waals surface area contributed by atoms with Gasteiger partial charge in [-0.3, -0.25) is 9.97 Å². The minimum absolute atomic E-state index is 0.935. The lowest BCUT2D eigenvalue weighted by Crippen LogP contribution is -1.96. The number of hydrogen-bond acceptors (Lipinski definition) is 3. The summed E-state index contributed by atoms with van der Waals surface area (Å²) in [7, 11) is 0. The van der Waals surface area contributed by atoms with Gasteiger partial charge in [0.25, 0.3) is 0 Å². The van der Waals surface area contributed by atoms with Gasteiger partial charge < -0.3 is 0 Å². The molecule has 0 amide bonds. The van der Waals surface area contributed by atoms with Crippen molar-refractivity contribution in [3.8, 4) is 117 Å². The Morgan fingerprint density at radius 3 is 1.21 bits per heavy atom. The highest BCUT2D eigenvalue weighted by atomic mass is 15.3. The van der Waals surface area contributed by atoms with Crippen molar-refractivity contribution in [1.29, 1.82) is 0 Å². The highest BCUT2D eigenvalue weighted by Gasteiger charge is 2.19. The Balaban J connectivity index is 0.977. The highest BCUT2D eigenvalue weighted by molar-refractivity contribution is 5.97. The standard InChI is InChI=1S/C71H48N4/c1-2-16-49(17-3-1)50-28-30-53(31-29-50)68-47-55(70-26-13-15-43-73-70)38-41-67(68)66-24-10-9-23-65(66)59-45-57(63-21-7-5-19-61(63)51-32-34-54(35-33-51)69-25-12-14-42-72-69)44-58(46-59)64-22-8-6-20-62(64)52-36-39-60(40-37-52)75-71-27-11-4-18-56(71)48-74-75/h1-48H. The third-order valence-corrected chi connectivity index (χ3v) is 14.3. The molecule has 13 aromatic rings. The largest absolute Gasteiger partial charge is 0.256 e. The van der Waals surface area contributed by atoms with Crippen molar-refractivity contribution in [1.82, 2.24) is 19.7 Å². The van der Waals surface area contributed by atoms with Crippen LogP contribution < -0.4 is 0 Å². The van der Waals surface area contributed by atoms with Gasteiger partial charge in [0.2, 0.25) is 0 Å². The molecule has 0 aliphatic heterocycles. The van der Waals surface area contributed by atoms with Crippen LogP contribution in [0.3, 0.4) is 0 Å². The first-order valence-corrected chi connectivity index (χ1v) is 25.4. The van der Waals surface area contributed by atoms with Crippen LogP contribution >= 0.6 is 0 Å². The van der Waals surface area contributed by atoms with E-state index in [1.807, 2.05) is 41.5 Å². The highest BCUT2D eigenvalue weighted by Crippen LogP contribution is 2.45. The molecule has 13 rings (SSSR count). The fourth-order valence-corrected chi connectivity index (χ4v) is 10.5. The van der Waals surface area contributed by atoms with E-state index in [0.717, 1.165) is 117 Å². The van der Waals surface area contributed by atoms with Gasteiger partial charge in [0.15, 0.2) is 0 Å². The lowest BCUT2D eigenvalue weighted by molar-refractivity contribution is 0.911. The molecule has 3 aromatic heterocycles. The fourth-order valence-electron chi connectivity index (χ4n) is 10.5. The molecule has 75 heavy (non-hydrogen) atoms. The zero-order valence-corrected chi connectivity index (χ0v) is 41.0. The molecule has 0 bridgehead atoms. The van der Waals surface area contributed by atoms with Crippen molar-refractivity contribution in [2.75, 3.05) is 0 Å². The maximum Gasteiger partial charge on any atom is 0.0741 e. The predicted octanol–water partition coefficient (Wildman–Crippen LogP) is 18.5. The number of rotatable bonds is 11. The number of benzene rings is 10. The normalized spacial score (nSPS) is 11.2. The Morgan fingerprint density at radius 1 is 0.240 bits per heavy atom.